The number of rotatable bonds is 4. The van der Waals surface area contributed by atoms with Crippen molar-refractivity contribution in [3.63, 3.8) is 0 Å². The van der Waals surface area contributed by atoms with Gasteiger partial charge in [-0.1, -0.05) is 6.07 Å². The number of nitrogens with one attached hydrogen (secondary N) is 1. The predicted molar refractivity (Wildman–Crippen MR) is 69.3 cm³/mol. The molecule has 4 nitrogen and oxygen atoms in total. The van der Waals surface area contributed by atoms with E-state index in [1.165, 1.54) is 5.56 Å². The summed E-state index contributed by atoms with van der Waals surface area (Å²) in [5.41, 5.74) is 1.26. The Kier molecular flexibility index (Phi) is 3.97. The Bertz CT molecular complexity index is 369. The van der Waals surface area contributed by atoms with Crippen molar-refractivity contribution in [2.24, 2.45) is 0 Å². The highest BCUT2D eigenvalue weighted by Crippen LogP contribution is 2.27. The van der Waals surface area contributed by atoms with Crippen LogP contribution >= 0.6 is 0 Å². The van der Waals surface area contributed by atoms with E-state index in [1.807, 2.05) is 19.3 Å². The molecule has 1 aromatic rings. The fourth-order valence-electron chi connectivity index (χ4n) is 2.28. The first-order valence-corrected chi connectivity index (χ1v) is 6.16. The van der Waals surface area contributed by atoms with Crippen molar-refractivity contribution in [1.29, 1.82) is 0 Å². The van der Waals surface area contributed by atoms with E-state index in [9.17, 15) is 0 Å². The van der Waals surface area contributed by atoms with E-state index in [0.29, 0.717) is 12.1 Å². The zero-order valence-corrected chi connectivity index (χ0v) is 10.8. The van der Waals surface area contributed by atoms with Gasteiger partial charge in [-0.2, -0.15) is 0 Å². The molecule has 0 aliphatic carbocycles. The fourth-order valence-corrected chi connectivity index (χ4v) is 2.28. The van der Waals surface area contributed by atoms with Gasteiger partial charge in [0.1, 0.15) is 5.82 Å². The van der Waals surface area contributed by atoms with Crippen molar-refractivity contribution in [1.82, 2.24) is 10.3 Å². The molecule has 0 aromatic carbocycles. The Labute approximate surface area is 103 Å². The Morgan fingerprint density at radius 1 is 1.59 bits per heavy atom. The summed E-state index contributed by atoms with van der Waals surface area (Å²) in [6, 6.07) is 4.46. The van der Waals surface area contributed by atoms with Gasteiger partial charge in [0.15, 0.2) is 0 Å². The van der Waals surface area contributed by atoms with Gasteiger partial charge in [-0.15, -0.1) is 0 Å². The highest BCUT2D eigenvalue weighted by molar-refractivity contribution is 5.49. The van der Waals surface area contributed by atoms with Gasteiger partial charge in [0.05, 0.1) is 6.10 Å². The van der Waals surface area contributed by atoms with E-state index in [0.717, 1.165) is 25.3 Å². The monoisotopic (exact) mass is 235 g/mol. The van der Waals surface area contributed by atoms with Crippen LogP contribution in [-0.2, 0) is 4.74 Å². The third-order valence-corrected chi connectivity index (χ3v) is 3.49. The summed E-state index contributed by atoms with van der Waals surface area (Å²) in [4.78, 5) is 6.85. The number of methoxy groups -OCH3 is 1. The summed E-state index contributed by atoms with van der Waals surface area (Å²) < 4.78 is 5.40. The van der Waals surface area contributed by atoms with Crippen molar-refractivity contribution < 1.29 is 4.74 Å². The second-order valence-corrected chi connectivity index (χ2v) is 4.52. The number of pyridine rings is 1. The molecule has 0 bridgehead atoms. The fraction of sp³-hybridized carbons (Fsp3) is 0.615. The molecule has 1 aromatic heterocycles. The van der Waals surface area contributed by atoms with Crippen molar-refractivity contribution in [2.45, 2.75) is 25.5 Å². The maximum Gasteiger partial charge on any atom is 0.133 e. The molecule has 2 unspecified atom stereocenters. The molecule has 1 fully saturated rings. The Hall–Kier alpha value is -1.13. The smallest absolute Gasteiger partial charge is 0.133 e. The molecule has 0 amide bonds. The zero-order chi connectivity index (χ0) is 12.3. The number of hydrogen-bond acceptors (Lipinski definition) is 4. The average molecular weight is 235 g/mol. The first kappa shape index (κ1) is 12.3. The van der Waals surface area contributed by atoms with Crippen LogP contribution in [0.3, 0.4) is 0 Å². The molecule has 1 aliphatic rings. The van der Waals surface area contributed by atoms with Gasteiger partial charge in [-0.25, -0.2) is 4.98 Å². The number of anilines is 1. The summed E-state index contributed by atoms with van der Waals surface area (Å²) in [5, 5.41) is 3.27. The van der Waals surface area contributed by atoms with Crippen LogP contribution in [0, 0.1) is 0 Å². The summed E-state index contributed by atoms with van der Waals surface area (Å²) in [7, 11) is 3.76. The summed E-state index contributed by atoms with van der Waals surface area (Å²) in [6.07, 6.45) is 3.29. The van der Waals surface area contributed by atoms with Gasteiger partial charge in [0, 0.05) is 38.0 Å². The SMILES string of the molecule is CNC(C)c1cccnc1N1CCC(OC)C1. The molecule has 2 atom stereocenters. The van der Waals surface area contributed by atoms with Crippen molar-refractivity contribution in [3.05, 3.63) is 23.9 Å². The van der Waals surface area contributed by atoms with Gasteiger partial charge >= 0.3 is 0 Å². The normalized spacial score (nSPS) is 21.8. The molecule has 17 heavy (non-hydrogen) atoms. The lowest BCUT2D eigenvalue weighted by molar-refractivity contribution is 0.121. The maximum absolute atomic E-state index is 5.40. The molecule has 4 heteroatoms. The van der Waals surface area contributed by atoms with Crippen LogP contribution in [0.25, 0.3) is 0 Å². The van der Waals surface area contributed by atoms with Gasteiger partial charge in [-0.05, 0) is 26.5 Å². The van der Waals surface area contributed by atoms with E-state index in [-0.39, 0.29) is 0 Å². The lowest BCUT2D eigenvalue weighted by Gasteiger charge is -2.23. The van der Waals surface area contributed by atoms with E-state index < -0.39 is 0 Å². The van der Waals surface area contributed by atoms with Crippen LogP contribution in [0.4, 0.5) is 5.82 Å². The highest BCUT2D eigenvalue weighted by atomic mass is 16.5. The summed E-state index contributed by atoms with van der Waals surface area (Å²) in [6.45, 7) is 4.13. The summed E-state index contributed by atoms with van der Waals surface area (Å²) in [5.74, 6) is 1.09. The van der Waals surface area contributed by atoms with Crippen molar-refractivity contribution >= 4 is 5.82 Å². The van der Waals surface area contributed by atoms with Gasteiger partial charge in [0.25, 0.3) is 0 Å². The van der Waals surface area contributed by atoms with Crippen LogP contribution in [0.2, 0.25) is 0 Å². The van der Waals surface area contributed by atoms with Gasteiger partial charge in [-0.3, -0.25) is 0 Å². The Balaban J connectivity index is 2.20. The van der Waals surface area contributed by atoms with Crippen molar-refractivity contribution in [3.8, 4) is 0 Å². The maximum atomic E-state index is 5.40. The largest absolute Gasteiger partial charge is 0.380 e. The molecular weight excluding hydrogens is 214 g/mol. The van der Waals surface area contributed by atoms with Crippen molar-refractivity contribution in [2.75, 3.05) is 32.1 Å². The quantitative estimate of drug-likeness (QED) is 0.860. The second-order valence-electron chi connectivity index (χ2n) is 4.52. The van der Waals surface area contributed by atoms with E-state index in [4.69, 9.17) is 4.74 Å². The van der Waals surface area contributed by atoms with Gasteiger partial charge < -0.3 is 15.0 Å². The number of hydrogen-bond donors (Lipinski definition) is 1. The zero-order valence-electron chi connectivity index (χ0n) is 10.8. The molecular formula is C13H21N3O. The number of aromatic nitrogens is 1. The van der Waals surface area contributed by atoms with Crippen LogP contribution < -0.4 is 10.2 Å². The molecule has 1 aliphatic heterocycles. The number of nitrogens with zero attached hydrogens (tertiary/aromatic N) is 2. The van der Waals surface area contributed by atoms with Crippen LogP contribution in [-0.4, -0.2) is 38.3 Å². The molecule has 94 valence electrons. The van der Waals surface area contributed by atoms with Crippen LogP contribution in [0.1, 0.15) is 24.9 Å². The molecule has 2 rings (SSSR count). The minimum absolute atomic E-state index is 0.320. The standard InChI is InChI=1S/C13H21N3O/c1-10(14-2)12-5-4-7-15-13(12)16-8-6-11(9-16)17-3/h4-5,7,10-11,14H,6,8-9H2,1-3H3. The molecule has 0 radical (unpaired) electrons. The van der Waals surface area contributed by atoms with E-state index >= 15 is 0 Å². The Morgan fingerprint density at radius 3 is 3.06 bits per heavy atom. The third kappa shape index (κ3) is 2.58. The predicted octanol–water partition coefficient (Wildman–Crippen LogP) is 1.59. The minimum atomic E-state index is 0.320. The second kappa shape index (κ2) is 5.47. The Morgan fingerprint density at radius 2 is 2.41 bits per heavy atom. The van der Waals surface area contributed by atoms with E-state index in [2.05, 4.69) is 28.2 Å². The molecule has 2 heterocycles. The molecule has 0 spiro atoms. The van der Waals surface area contributed by atoms with Gasteiger partial charge in [0.2, 0.25) is 0 Å². The minimum Gasteiger partial charge on any atom is -0.380 e. The first-order valence-electron chi connectivity index (χ1n) is 6.16. The summed E-state index contributed by atoms with van der Waals surface area (Å²) >= 11 is 0. The van der Waals surface area contributed by atoms with Crippen LogP contribution in [0.5, 0.6) is 0 Å². The molecule has 1 saturated heterocycles. The first-order chi connectivity index (χ1) is 8.26. The van der Waals surface area contributed by atoms with Crippen LogP contribution in [0.15, 0.2) is 18.3 Å². The lowest BCUT2D eigenvalue weighted by Crippen LogP contribution is -2.26. The molecule has 1 N–H and O–H groups in total. The average Bonchev–Trinajstić information content (AvgIpc) is 2.86. The highest BCUT2D eigenvalue weighted by Gasteiger charge is 2.25. The van der Waals surface area contributed by atoms with E-state index in [1.54, 1.807) is 7.11 Å². The third-order valence-electron chi connectivity index (χ3n) is 3.49. The topological polar surface area (TPSA) is 37.4 Å². The molecule has 0 saturated carbocycles. The lowest BCUT2D eigenvalue weighted by atomic mass is 10.1. The number of ether oxygens (including phenoxy) is 1.